The van der Waals surface area contributed by atoms with Crippen molar-refractivity contribution in [2.45, 2.75) is 64.3 Å². The Morgan fingerprint density at radius 1 is 1.16 bits per heavy atom. The summed E-state index contributed by atoms with van der Waals surface area (Å²) < 4.78 is 14.6. The molecule has 0 radical (unpaired) electrons. The number of aromatic nitrogens is 1. The molecule has 2 aliphatic rings. The average Bonchev–Trinajstić information content (AvgIpc) is 3.44. The van der Waals surface area contributed by atoms with Gasteiger partial charge in [-0.2, -0.15) is 0 Å². The van der Waals surface area contributed by atoms with Crippen molar-refractivity contribution in [2.24, 2.45) is 11.3 Å². The van der Waals surface area contributed by atoms with Crippen LogP contribution in [-0.2, 0) is 4.79 Å². The van der Waals surface area contributed by atoms with Gasteiger partial charge in [-0.25, -0.2) is 9.37 Å². The molecule has 7 heteroatoms. The van der Waals surface area contributed by atoms with Crippen LogP contribution in [0.15, 0.2) is 36.5 Å². The molecule has 2 saturated carbocycles. The van der Waals surface area contributed by atoms with Crippen molar-refractivity contribution in [3.63, 3.8) is 0 Å². The van der Waals surface area contributed by atoms with Gasteiger partial charge in [0.05, 0.1) is 16.1 Å². The van der Waals surface area contributed by atoms with Crippen LogP contribution in [0.3, 0.4) is 0 Å². The predicted molar refractivity (Wildman–Crippen MR) is 124 cm³/mol. The third kappa shape index (κ3) is 5.89. The van der Waals surface area contributed by atoms with E-state index >= 15 is 0 Å². The van der Waals surface area contributed by atoms with Crippen molar-refractivity contribution in [1.29, 1.82) is 0 Å². The maximum atomic E-state index is 14.6. The Bertz CT molecular complexity index is 882. The largest absolute Gasteiger partial charge is 0.384 e. The highest BCUT2D eigenvalue weighted by atomic mass is 35.5. The zero-order valence-electron chi connectivity index (χ0n) is 17.8. The van der Waals surface area contributed by atoms with E-state index in [9.17, 15) is 9.18 Å². The third-order valence-corrected chi connectivity index (χ3v) is 7.33. The number of amides is 1. The fraction of sp³-hybridized carbons (Fsp3) is 0.500. The molecule has 31 heavy (non-hydrogen) atoms. The van der Waals surface area contributed by atoms with Crippen LogP contribution in [-0.4, -0.2) is 10.9 Å². The number of benzene rings is 1. The third-order valence-electron chi connectivity index (χ3n) is 6.51. The smallest absolute Gasteiger partial charge is 0.223 e. The van der Waals surface area contributed by atoms with Gasteiger partial charge in [0.2, 0.25) is 5.91 Å². The summed E-state index contributed by atoms with van der Waals surface area (Å²) in [4.78, 5) is 16.5. The number of hydrogen-bond donors (Lipinski definition) is 2. The van der Waals surface area contributed by atoms with Gasteiger partial charge in [-0.05, 0) is 55.4 Å². The molecule has 4 nitrogen and oxygen atoms in total. The van der Waals surface area contributed by atoms with E-state index < -0.39 is 11.9 Å². The van der Waals surface area contributed by atoms with E-state index in [2.05, 4.69) is 17.2 Å². The molecule has 0 aliphatic heterocycles. The van der Waals surface area contributed by atoms with Gasteiger partial charge >= 0.3 is 0 Å². The zero-order valence-corrected chi connectivity index (χ0v) is 19.4. The lowest BCUT2D eigenvalue weighted by atomic mass is 9.76. The number of carbonyl (C=O) groups excluding carboxylic acids is 1. The Morgan fingerprint density at radius 3 is 2.39 bits per heavy atom. The molecular weight excluding hydrogens is 436 g/mol. The first-order valence-electron chi connectivity index (χ1n) is 10.9. The molecule has 0 spiro atoms. The van der Waals surface area contributed by atoms with Crippen LogP contribution < -0.4 is 11.1 Å². The molecule has 1 aromatic carbocycles. The van der Waals surface area contributed by atoms with Gasteiger partial charge in [-0.15, -0.1) is 0 Å². The molecule has 1 atom stereocenters. The van der Waals surface area contributed by atoms with E-state index in [0.717, 1.165) is 51.4 Å². The van der Waals surface area contributed by atoms with Crippen LogP contribution >= 0.6 is 23.2 Å². The first-order valence-corrected chi connectivity index (χ1v) is 11.7. The second kappa shape index (κ2) is 10.6. The Labute approximate surface area is 193 Å². The summed E-state index contributed by atoms with van der Waals surface area (Å²) in [7, 11) is 0. The van der Waals surface area contributed by atoms with Crippen molar-refractivity contribution in [2.75, 3.05) is 5.73 Å². The molecule has 2 aliphatic carbocycles. The zero-order chi connectivity index (χ0) is 22.4. The molecule has 4 rings (SSSR count). The number of carbonyl (C=O) groups is 1. The van der Waals surface area contributed by atoms with Crippen LogP contribution in [0.2, 0.25) is 10.0 Å². The molecule has 1 aromatic heterocycles. The molecule has 2 aromatic rings. The highest BCUT2D eigenvalue weighted by Gasteiger charge is 2.42. The lowest BCUT2D eigenvalue weighted by Gasteiger charge is -2.36. The van der Waals surface area contributed by atoms with E-state index in [0.29, 0.717) is 16.4 Å². The monoisotopic (exact) mass is 465 g/mol. The van der Waals surface area contributed by atoms with Gasteiger partial charge in [0.1, 0.15) is 11.6 Å². The first-order chi connectivity index (χ1) is 14.8. The molecule has 0 saturated heterocycles. The highest BCUT2D eigenvalue weighted by Crippen LogP contribution is 2.50. The van der Waals surface area contributed by atoms with Gasteiger partial charge in [0.15, 0.2) is 0 Å². The fourth-order valence-electron chi connectivity index (χ4n) is 4.70. The fourth-order valence-corrected chi connectivity index (χ4v) is 5.12. The number of nitrogen functional groups attached to an aromatic ring is 1. The SMILES string of the molecule is CC1(C(NC(=O)C2CCCC2)c2c(F)ccc(Cl)c2Cl)CCCC1.Nc1ccccn1. The van der Waals surface area contributed by atoms with Crippen molar-refractivity contribution in [3.8, 4) is 0 Å². The van der Waals surface area contributed by atoms with E-state index in [1.54, 1.807) is 12.3 Å². The van der Waals surface area contributed by atoms with Gasteiger partial charge in [-0.1, -0.05) is 61.9 Å². The standard InChI is InChI=1S/C19H24Cl2FNO.C5H6N2/c1-19(10-4-5-11-19)17(23-18(24)12-6-2-3-7-12)15-14(22)9-8-13(20)16(15)21;6-5-3-1-2-4-7-5/h8-9,12,17H,2-7,10-11H2,1H3,(H,23,24);1-4H,(H2,6,7). The minimum Gasteiger partial charge on any atom is -0.384 e. The van der Waals surface area contributed by atoms with Crippen LogP contribution in [0.5, 0.6) is 0 Å². The lowest BCUT2D eigenvalue weighted by Crippen LogP contribution is -2.41. The van der Waals surface area contributed by atoms with Gasteiger partial charge < -0.3 is 11.1 Å². The van der Waals surface area contributed by atoms with Gasteiger partial charge in [0, 0.05) is 17.7 Å². The normalized spacial score (nSPS) is 18.8. The summed E-state index contributed by atoms with van der Waals surface area (Å²) in [5.74, 6) is 0.247. The van der Waals surface area contributed by atoms with Crippen molar-refractivity contribution >= 4 is 34.9 Å². The van der Waals surface area contributed by atoms with Crippen molar-refractivity contribution in [3.05, 3.63) is 58.0 Å². The van der Waals surface area contributed by atoms with Crippen molar-refractivity contribution < 1.29 is 9.18 Å². The minimum atomic E-state index is -0.431. The van der Waals surface area contributed by atoms with Gasteiger partial charge in [0.25, 0.3) is 0 Å². The number of anilines is 1. The predicted octanol–water partition coefficient (Wildman–Crippen LogP) is 6.72. The minimum absolute atomic E-state index is 0.0288. The highest BCUT2D eigenvalue weighted by molar-refractivity contribution is 6.42. The summed E-state index contributed by atoms with van der Waals surface area (Å²) in [5, 5.41) is 3.70. The quantitative estimate of drug-likeness (QED) is 0.492. The number of halogens is 3. The molecule has 1 unspecified atom stereocenters. The second-order valence-electron chi connectivity index (χ2n) is 8.80. The summed E-state index contributed by atoms with van der Waals surface area (Å²) in [6, 6.07) is 7.81. The van der Waals surface area contributed by atoms with Crippen molar-refractivity contribution in [1.82, 2.24) is 10.3 Å². The molecular formula is C24H30Cl2FN3O. The number of nitrogens with two attached hydrogens (primary N) is 1. The summed E-state index contributed by atoms with van der Waals surface area (Å²) >= 11 is 12.5. The lowest BCUT2D eigenvalue weighted by molar-refractivity contribution is -0.126. The Hall–Kier alpha value is -1.85. The van der Waals surface area contributed by atoms with E-state index in [4.69, 9.17) is 28.9 Å². The number of pyridine rings is 1. The average molecular weight is 466 g/mol. The number of nitrogens with zero attached hydrogens (tertiary/aromatic N) is 1. The molecule has 2 fully saturated rings. The first kappa shape index (κ1) is 23.8. The number of nitrogens with one attached hydrogen (secondary N) is 1. The topological polar surface area (TPSA) is 68.0 Å². The van der Waals surface area contributed by atoms with E-state index in [1.165, 1.54) is 12.1 Å². The molecule has 1 amide bonds. The van der Waals surface area contributed by atoms with Crippen LogP contribution in [0.4, 0.5) is 10.2 Å². The van der Waals surface area contributed by atoms with Crippen LogP contribution in [0.1, 0.15) is 69.9 Å². The van der Waals surface area contributed by atoms with E-state index in [-0.39, 0.29) is 22.3 Å². The Kier molecular flexibility index (Phi) is 8.17. The molecule has 1 heterocycles. The molecule has 3 N–H and O–H groups in total. The Morgan fingerprint density at radius 2 is 1.84 bits per heavy atom. The van der Waals surface area contributed by atoms with Crippen LogP contribution in [0.25, 0.3) is 0 Å². The molecule has 168 valence electrons. The maximum Gasteiger partial charge on any atom is 0.223 e. The summed E-state index contributed by atoms with van der Waals surface area (Å²) in [6.07, 6.45) is 9.75. The van der Waals surface area contributed by atoms with Crippen LogP contribution in [0, 0.1) is 17.2 Å². The number of hydrogen-bond acceptors (Lipinski definition) is 3. The molecule has 0 bridgehead atoms. The Balaban J connectivity index is 0.000000330. The second-order valence-corrected chi connectivity index (χ2v) is 9.58. The number of rotatable bonds is 4. The summed E-state index contributed by atoms with van der Waals surface area (Å²) in [5.41, 5.74) is 5.40. The maximum absolute atomic E-state index is 14.6. The summed E-state index contributed by atoms with van der Waals surface area (Å²) in [6.45, 7) is 2.12. The van der Waals surface area contributed by atoms with Gasteiger partial charge in [-0.3, -0.25) is 4.79 Å². The van der Waals surface area contributed by atoms with E-state index in [1.807, 2.05) is 12.1 Å².